The van der Waals surface area contributed by atoms with Crippen LogP contribution in [0.1, 0.15) is 5.56 Å². The Hall–Kier alpha value is -2.18. The smallest absolute Gasteiger partial charge is 0.417 e. The van der Waals surface area contributed by atoms with Crippen LogP contribution in [0.4, 0.5) is 18.9 Å². The van der Waals surface area contributed by atoms with Gasteiger partial charge in [-0.05, 0) is 12.1 Å². The molecule has 2 heterocycles. The molecule has 0 spiro atoms. The second kappa shape index (κ2) is 3.91. The SMILES string of the molecule is O=c1cc(C(F)(F)F)c2cc3c(cc2[nH]1)NCCO3. The van der Waals surface area contributed by atoms with Crippen molar-refractivity contribution in [1.29, 1.82) is 0 Å². The molecule has 0 aliphatic carbocycles. The van der Waals surface area contributed by atoms with E-state index in [1.54, 1.807) is 0 Å². The van der Waals surface area contributed by atoms with Gasteiger partial charge in [0, 0.05) is 18.0 Å². The molecule has 0 saturated carbocycles. The number of halogens is 3. The van der Waals surface area contributed by atoms with Crippen molar-refractivity contribution in [2.75, 3.05) is 18.5 Å². The van der Waals surface area contributed by atoms with Gasteiger partial charge in [-0.1, -0.05) is 0 Å². The third kappa shape index (κ3) is 2.00. The number of nitrogens with one attached hydrogen (secondary N) is 2. The largest absolute Gasteiger partial charge is 0.490 e. The monoisotopic (exact) mass is 270 g/mol. The topological polar surface area (TPSA) is 54.1 Å². The van der Waals surface area contributed by atoms with Crippen molar-refractivity contribution in [3.63, 3.8) is 0 Å². The molecule has 0 saturated heterocycles. The molecule has 0 radical (unpaired) electrons. The maximum absolute atomic E-state index is 12.9. The van der Waals surface area contributed by atoms with E-state index in [4.69, 9.17) is 4.74 Å². The molecule has 7 heteroatoms. The van der Waals surface area contributed by atoms with Gasteiger partial charge in [0.05, 0.1) is 16.8 Å². The Bertz CT molecular complexity index is 706. The lowest BCUT2D eigenvalue weighted by atomic mass is 10.1. The number of benzene rings is 1. The normalized spacial score (nSPS) is 14.7. The molecule has 1 aliphatic rings. The highest BCUT2D eigenvalue weighted by molar-refractivity contribution is 5.88. The summed E-state index contributed by atoms with van der Waals surface area (Å²) in [6.45, 7) is 0.963. The molecule has 3 rings (SSSR count). The van der Waals surface area contributed by atoms with Gasteiger partial charge in [0.25, 0.3) is 0 Å². The van der Waals surface area contributed by atoms with Crippen LogP contribution < -0.4 is 15.6 Å². The summed E-state index contributed by atoms with van der Waals surface area (Å²) >= 11 is 0. The Morgan fingerprint density at radius 2 is 2.00 bits per heavy atom. The minimum absolute atomic E-state index is 0.0745. The number of H-pyrrole nitrogens is 1. The molecule has 19 heavy (non-hydrogen) atoms. The summed E-state index contributed by atoms with van der Waals surface area (Å²) in [6, 6.07) is 3.32. The van der Waals surface area contributed by atoms with Crippen LogP contribution in [0, 0.1) is 0 Å². The fourth-order valence-electron chi connectivity index (χ4n) is 2.12. The molecular weight excluding hydrogens is 261 g/mol. The van der Waals surface area contributed by atoms with Crippen molar-refractivity contribution >= 4 is 16.6 Å². The van der Waals surface area contributed by atoms with Crippen LogP contribution >= 0.6 is 0 Å². The Balaban J connectivity index is 2.35. The van der Waals surface area contributed by atoms with Gasteiger partial charge in [0.1, 0.15) is 12.4 Å². The Morgan fingerprint density at radius 1 is 1.21 bits per heavy atom. The summed E-state index contributed by atoms with van der Waals surface area (Å²) in [5.74, 6) is 0.358. The number of pyridine rings is 1. The van der Waals surface area contributed by atoms with Crippen LogP contribution in [0.3, 0.4) is 0 Å². The van der Waals surface area contributed by atoms with Gasteiger partial charge in [-0.2, -0.15) is 13.2 Å². The van der Waals surface area contributed by atoms with Gasteiger partial charge < -0.3 is 15.0 Å². The zero-order valence-corrected chi connectivity index (χ0v) is 9.60. The van der Waals surface area contributed by atoms with Gasteiger partial charge >= 0.3 is 6.18 Å². The second-order valence-corrected chi connectivity index (χ2v) is 4.21. The molecule has 0 atom stereocenters. The van der Waals surface area contributed by atoms with Crippen LogP contribution in [0.25, 0.3) is 10.9 Å². The molecule has 0 amide bonds. The molecule has 2 N–H and O–H groups in total. The molecule has 0 fully saturated rings. The van der Waals surface area contributed by atoms with Crippen molar-refractivity contribution in [2.45, 2.75) is 6.18 Å². The number of aromatic nitrogens is 1. The molecule has 1 aliphatic heterocycles. The lowest BCUT2D eigenvalue weighted by molar-refractivity contribution is -0.136. The van der Waals surface area contributed by atoms with Crippen LogP contribution in [0.2, 0.25) is 0 Å². The summed E-state index contributed by atoms with van der Waals surface area (Å²) in [4.78, 5) is 13.7. The highest BCUT2D eigenvalue weighted by Crippen LogP contribution is 2.38. The zero-order chi connectivity index (χ0) is 13.6. The van der Waals surface area contributed by atoms with Gasteiger partial charge in [0.15, 0.2) is 0 Å². The molecular formula is C12H9F3N2O2. The zero-order valence-electron chi connectivity index (χ0n) is 9.60. The van der Waals surface area contributed by atoms with Crippen molar-refractivity contribution in [1.82, 2.24) is 4.98 Å². The van der Waals surface area contributed by atoms with E-state index >= 15 is 0 Å². The predicted molar refractivity (Wildman–Crippen MR) is 63.6 cm³/mol. The molecule has 1 aromatic heterocycles. The molecule has 0 unspecified atom stereocenters. The highest BCUT2D eigenvalue weighted by Gasteiger charge is 2.33. The number of anilines is 1. The highest BCUT2D eigenvalue weighted by atomic mass is 19.4. The summed E-state index contributed by atoms with van der Waals surface area (Å²) in [5, 5.41) is 2.93. The number of aromatic amines is 1. The van der Waals surface area contributed by atoms with Crippen LogP contribution in [0.5, 0.6) is 5.75 Å². The van der Waals surface area contributed by atoms with Gasteiger partial charge in [-0.25, -0.2) is 0 Å². The fourth-order valence-corrected chi connectivity index (χ4v) is 2.12. The lowest BCUT2D eigenvalue weighted by Crippen LogP contribution is -2.19. The first-order valence-corrected chi connectivity index (χ1v) is 5.60. The average molecular weight is 270 g/mol. The number of hydrogen-bond acceptors (Lipinski definition) is 3. The summed E-state index contributed by atoms with van der Waals surface area (Å²) in [7, 11) is 0. The van der Waals surface area contributed by atoms with Gasteiger partial charge in [-0.3, -0.25) is 4.79 Å². The lowest BCUT2D eigenvalue weighted by Gasteiger charge is -2.20. The maximum atomic E-state index is 12.9. The predicted octanol–water partition coefficient (Wildman–Crippen LogP) is 2.35. The quantitative estimate of drug-likeness (QED) is 0.772. The molecule has 1 aromatic carbocycles. The summed E-state index contributed by atoms with van der Waals surface area (Å²) in [6.07, 6.45) is -4.58. The first-order valence-electron chi connectivity index (χ1n) is 5.60. The Morgan fingerprint density at radius 3 is 2.74 bits per heavy atom. The third-order valence-corrected chi connectivity index (χ3v) is 2.92. The van der Waals surface area contributed by atoms with Crippen LogP contribution in [-0.4, -0.2) is 18.1 Å². The minimum Gasteiger partial charge on any atom is -0.490 e. The summed E-state index contributed by atoms with van der Waals surface area (Å²) < 4.78 is 44.1. The molecule has 0 bridgehead atoms. The number of hydrogen-bond donors (Lipinski definition) is 2. The average Bonchev–Trinajstić information content (AvgIpc) is 2.34. The molecule has 4 nitrogen and oxygen atoms in total. The first-order chi connectivity index (χ1) is 8.95. The Kier molecular flexibility index (Phi) is 2.44. The van der Waals surface area contributed by atoms with E-state index in [-0.39, 0.29) is 10.9 Å². The number of fused-ring (bicyclic) bond motifs is 2. The standard InChI is InChI=1S/C12H9F3N2O2/c13-12(14,15)7-4-11(18)17-8-5-9-10(3-6(7)8)19-2-1-16-9/h3-5,16H,1-2H2,(H,17,18). The first kappa shape index (κ1) is 11.9. The Labute approximate surface area is 105 Å². The summed E-state index contributed by atoms with van der Waals surface area (Å²) in [5.41, 5.74) is -1.02. The van der Waals surface area contributed by atoms with E-state index in [0.29, 0.717) is 30.7 Å². The van der Waals surface area contributed by atoms with E-state index in [0.717, 1.165) is 0 Å². The van der Waals surface area contributed by atoms with Crippen molar-refractivity contribution < 1.29 is 17.9 Å². The third-order valence-electron chi connectivity index (χ3n) is 2.92. The van der Waals surface area contributed by atoms with Crippen LogP contribution in [0.15, 0.2) is 23.0 Å². The fraction of sp³-hybridized carbons (Fsp3) is 0.250. The van der Waals surface area contributed by atoms with E-state index in [1.807, 2.05) is 0 Å². The van der Waals surface area contributed by atoms with E-state index in [1.165, 1.54) is 12.1 Å². The van der Waals surface area contributed by atoms with E-state index < -0.39 is 17.3 Å². The van der Waals surface area contributed by atoms with Crippen molar-refractivity contribution in [3.05, 3.63) is 34.1 Å². The van der Waals surface area contributed by atoms with Gasteiger partial charge in [0.2, 0.25) is 5.56 Å². The van der Waals surface area contributed by atoms with Crippen LogP contribution in [-0.2, 0) is 6.18 Å². The number of alkyl halides is 3. The van der Waals surface area contributed by atoms with E-state index in [9.17, 15) is 18.0 Å². The number of rotatable bonds is 0. The van der Waals surface area contributed by atoms with Crippen molar-refractivity contribution in [2.24, 2.45) is 0 Å². The molecule has 100 valence electrons. The number of ether oxygens (including phenoxy) is 1. The van der Waals surface area contributed by atoms with Crippen molar-refractivity contribution in [3.8, 4) is 5.75 Å². The molecule has 2 aromatic rings. The van der Waals surface area contributed by atoms with Gasteiger partial charge in [-0.15, -0.1) is 0 Å². The van der Waals surface area contributed by atoms with E-state index in [2.05, 4.69) is 10.3 Å². The second-order valence-electron chi connectivity index (χ2n) is 4.21. The minimum atomic E-state index is -4.58. The maximum Gasteiger partial charge on any atom is 0.417 e.